The van der Waals surface area contributed by atoms with Gasteiger partial charge in [0.2, 0.25) is 5.91 Å². The topological polar surface area (TPSA) is 95.3 Å². The highest BCUT2D eigenvalue weighted by Gasteiger charge is 2.68. The van der Waals surface area contributed by atoms with Crippen molar-refractivity contribution in [3.63, 3.8) is 0 Å². The fourth-order valence-corrected chi connectivity index (χ4v) is 6.28. The van der Waals surface area contributed by atoms with E-state index in [2.05, 4.69) is 16.4 Å². The van der Waals surface area contributed by atoms with E-state index in [1.807, 2.05) is 12.1 Å². The monoisotopic (exact) mass is 446 g/mol. The Morgan fingerprint density at radius 3 is 2.82 bits per heavy atom. The van der Waals surface area contributed by atoms with E-state index in [9.17, 15) is 14.9 Å². The number of halogens is 1. The SMILES string of the molecule is CC(=O)NC[C@@H]1OC(=O)N2c3cc(F)c(-c4ccc([C@@]5(C#N)[C@@H]6CCC[C@@H]65)nc4)cc3C[C@@H]12. The van der Waals surface area contributed by atoms with Crippen LogP contribution in [-0.4, -0.2) is 35.7 Å². The van der Waals surface area contributed by atoms with Crippen molar-refractivity contribution in [2.75, 3.05) is 11.4 Å². The number of ether oxygens (including phenoxy) is 1. The second-order valence-electron chi connectivity index (χ2n) is 9.52. The summed E-state index contributed by atoms with van der Waals surface area (Å²) >= 11 is 0. The van der Waals surface area contributed by atoms with Crippen molar-refractivity contribution in [1.29, 1.82) is 5.26 Å². The van der Waals surface area contributed by atoms with Crippen LogP contribution < -0.4 is 10.2 Å². The minimum Gasteiger partial charge on any atom is -0.442 e. The number of nitrogens with zero attached hydrogens (tertiary/aromatic N) is 3. The lowest BCUT2D eigenvalue weighted by Crippen LogP contribution is -2.40. The van der Waals surface area contributed by atoms with Gasteiger partial charge in [-0.05, 0) is 54.9 Å². The summed E-state index contributed by atoms with van der Waals surface area (Å²) in [7, 11) is 0. The number of nitriles is 1. The fourth-order valence-electron chi connectivity index (χ4n) is 6.28. The lowest BCUT2D eigenvalue weighted by Gasteiger charge is -2.16. The van der Waals surface area contributed by atoms with Crippen LogP contribution in [0.25, 0.3) is 11.1 Å². The Kier molecular flexibility index (Phi) is 4.28. The molecule has 0 bridgehead atoms. The van der Waals surface area contributed by atoms with Gasteiger partial charge in [-0.25, -0.2) is 9.18 Å². The molecule has 3 heterocycles. The van der Waals surface area contributed by atoms with Gasteiger partial charge in [-0.2, -0.15) is 5.26 Å². The number of nitrogens with one attached hydrogen (secondary N) is 1. The summed E-state index contributed by atoms with van der Waals surface area (Å²) in [5, 5.41) is 12.5. The van der Waals surface area contributed by atoms with Crippen molar-refractivity contribution < 1.29 is 18.7 Å². The number of amides is 2. The number of aromatic nitrogens is 1. The van der Waals surface area contributed by atoms with Gasteiger partial charge in [-0.15, -0.1) is 0 Å². The van der Waals surface area contributed by atoms with Gasteiger partial charge < -0.3 is 10.1 Å². The van der Waals surface area contributed by atoms with Gasteiger partial charge in [-0.3, -0.25) is 14.7 Å². The highest BCUT2D eigenvalue weighted by Crippen LogP contribution is 2.67. The number of hydrogen-bond acceptors (Lipinski definition) is 5. The molecule has 1 N–H and O–H groups in total. The van der Waals surface area contributed by atoms with Crippen LogP contribution in [0.3, 0.4) is 0 Å². The van der Waals surface area contributed by atoms with Gasteiger partial charge >= 0.3 is 6.09 Å². The highest BCUT2D eigenvalue weighted by molar-refractivity contribution is 5.94. The first-order valence-electron chi connectivity index (χ1n) is 11.4. The minimum absolute atomic E-state index is 0.197. The number of hydrogen-bond donors (Lipinski definition) is 1. The van der Waals surface area contributed by atoms with Crippen molar-refractivity contribution in [2.24, 2.45) is 11.8 Å². The van der Waals surface area contributed by atoms with Gasteiger partial charge in [0.1, 0.15) is 17.3 Å². The van der Waals surface area contributed by atoms with Crippen molar-refractivity contribution in [2.45, 2.75) is 50.2 Å². The molecule has 2 saturated carbocycles. The first-order chi connectivity index (χ1) is 15.9. The molecule has 6 rings (SSSR count). The van der Waals surface area contributed by atoms with Crippen LogP contribution in [0.5, 0.6) is 0 Å². The Labute approximate surface area is 190 Å². The molecule has 1 saturated heterocycles. The van der Waals surface area contributed by atoms with E-state index < -0.39 is 23.4 Å². The van der Waals surface area contributed by atoms with E-state index in [0.717, 1.165) is 24.1 Å². The molecule has 0 unspecified atom stereocenters. The summed E-state index contributed by atoms with van der Waals surface area (Å²) in [5.41, 5.74) is 2.74. The first kappa shape index (κ1) is 20.2. The maximum absolute atomic E-state index is 15.2. The Morgan fingerprint density at radius 2 is 2.15 bits per heavy atom. The molecule has 0 spiro atoms. The molecule has 2 aliphatic heterocycles. The van der Waals surface area contributed by atoms with Crippen LogP contribution in [0.4, 0.5) is 14.9 Å². The lowest BCUT2D eigenvalue weighted by atomic mass is 9.92. The second kappa shape index (κ2) is 7.01. The molecule has 2 amide bonds. The van der Waals surface area contributed by atoms with Crippen LogP contribution in [0.2, 0.25) is 0 Å². The Balaban J connectivity index is 1.28. The van der Waals surface area contributed by atoms with E-state index in [0.29, 0.717) is 35.1 Å². The van der Waals surface area contributed by atoms with E-state index in [1.165, 1.54) is 24.3 Å². The standard InChI is InChI=1S/C25H23FN4O3/c1-13(31)28-11-22-21-8-15-7-16(19(26)9-20(15)30(21)24(32)33-22)14-5-6-23(29-10-14)25(12-27)17-3-2-4-18(17)25/h5-7,9-10,17-18,21-22H,2-4,8,11H2,1H3,(H,28,31)/t17-,18+,21-,22-,25+/m0/s1. The summed E-state index contributed by atoms with van der Waals surface area (Å²) in [6.45, 7) is 1.63. The molecule has 0 radical (unpaired) electrons. The number of pyridine rings is 1. The predicted molar refractivity (Wildman–Crippen MR) is 117 cm³/mol. The summed E-state index contributed by atoms with van der Waals surface area (Å²) in [4.78, 5) is 29.8. The van der Waals surface area contributed by atoms with Crippen molar-refractivity contribution in [1.82, 2.24) is 10.3 Å². The summed E-state index contributed by atoms with van der Waals surface area (Å²) in [5.74, 6) is 0.158. The zero-order valence-electron chi connectivity index (χ0n) is 18.2. The third kappa shape index (κ3) is 2.81. The average molecular weight is 446 g/mol. The second-order valence-corrected chi connectivity index (χ2v) is 9.52. The maximum Gasteiger partial charge on any atom is 0.415 e. The van der Waals surface area contributed by atoms with Gasteiger partial charge in [0.05, 0.1) is 30.0 Å². The molecule has 7 nitrogen and oxygen atoms in total. The molecule has 3 fully saturated rings. The normalized spacial score (nSPS) is 30.8. The smallest absolute Gasteiger partial charge is 0.415 e. The van der Waals surface area contributed by atoms with Gasteiger partial charge in [0.15, 0.2) is 0 Å². The van der Waals surface area contributed by atoms with Gasteiger partial charge in [0.25, 0.3) is 0 Å². The number of cyclic esters (lactones) is 1. The van der Waals surface area contributed by atoms with Crippen molar-refractivity contribution >= 4 is 17.7 Å². The molecular formula is C25H23FN4O3. The van der Waals surface area contributed by atoms with E-state index in [4.69, 9.17) is 4.74 Å². The molecule has 168 valence electrons. The molecule has 8 heteroatoms. The van der Waals surface area contributed by atoms with Gasteiger partial charge in [-0.1, -0.05) is 12.5 Å². The lowest BCUT2D eigenvalue weighted by molar-refractivity contribution is -0.119. The van der Waals surface area contributed by atoms with Crippen LogP contribution in [-0.2, 0) is 21.4 Å². The number of rotatable bonds is 4. The van der Waals surface area contributed by atoms with Crippen LogP contribution in [0, 0.1) is 29.0 Å². The summed E-state index contributed by atoms with van der Waals surface area (Å²) < 4.78 is 20.5. The Morgan fingerprint density at radius 1 is 1.36 bits per heavy atom. The number of anilines is 1. The average Bonchev–Trinajstić information content (AvgIpc) is 3.19. The van der Waals surface area contributed by atoms with E-state index in [1.54, 1.807) is 12.3 Å². The van der Waals surface area contributed by atoms with Gasteiger partial charge in [0, 0.05) is 24.2 Å². The molecule has 4 aliphatic rings. The maximum atomic E-state index is 15.2. The molecule has 2 aliphatic carbocycles. The summed E-state index contributed by atoms with van der Waals surface area (Å²) in [6.07, 6.45) is 4.48. The van der Waals surface area contributed by atoms with Crippen LogP contribution >= 0.6 is 0 Å². The molecule has 1 aromatic carbocycles. The van der Waals surface area contributed by atoms with Crippen LogP contribution in [0.15, 0.2) is 30.5 Å². The Bertz CT molecular complexity index is 1210. The highest BCUT2D eigenvalue weighted by atomic mass is 19.1. The molecular weight excluding hydrogens is 423 g/mol. The summed E-state index contributed by atoms with van der Waals surface area (Å²) in [6, 6.07) is 9.08. The van der Waals surface area contributed by atoms with Crippen molar-refractivity contribution in [3.8, 4) is 17.2 Å². The van der Waals surface area contributed by atoms with Crippen LogP contribution in [0.1, 0.15) is 37.4 Å². The number of benzene rings is 1. The molecule has 33 heavy (non-hydrogen) atoms. The largest absolute Gasteiger partial charge is 0.442 e. The third-order valence-corrected chi connectivity index (χ3v) is 7.88. The number of carbonyl (C=O) groups excluding carboxylic acids is 2. The van der Waals surface area contributed by atoms with E-state index in [-0.39, 0.29) is 18.5 Å². The Hall–Kier alpha value is -3.47. The first-order valence-corrected chi connectivity index (χ1v) is 11.4. The fraction of sp³-hybridized carbons (Fsp3) is 0.440. The minimum atomic E-state index is -0.524. The quantitative estimate of drug-likeness (QED) is 0.776. The number of fused-ring (bicyclic) bond motifs is 4. The molecule has 1 aromatic heterocycles. The zero-order valence-corrected chi connectivity index (χ0v) is 18.2. The van der Waals surface area contributed by atoms with E-state index >= 15 is 4.39 Å². The number of carbonyl (C=O) groups is 2. The third-order valence-electron chi connectivity index (χ3n) is 7.88. The molecule has 5 atom stereocenters. The van der Waals surface area contributed by atoms with Crippen molar-refractivity contribution in [3.05, 3.63) is 47.5 Å². The zero-order chi connectivity index (χ0) is 22.9. The molecule has 2 aromatic rings. The predicted octanol–water partition coefficient (Wildman–Crippen LogP) is 3.46.